The van der Waals surface area contributed by atoms with Crippen molar-refractivity contribution in [3.05, 3.63) is 18.0 Å². The van der Waals surface area contributed by atoms with Gasteiger partial charge in [0.15, 0.2) is 0 Å². The van der Waals surface area contributed by atoms with Crippen molar-refractivity contribution in [3.63, 3.8) is 0 Å². The molecule has 3 N–H and O–H groups in total. The van der Waals surface area contributed by atoms with Gasteiger partial charge in [0.2, 0.25) is 0 Å². The Morgan fingerprint density at radius 2 is 2.53 bits per heavy atom. The first-order valence-electron chi connectivity index (χ1n) is 6.45. The van der Waals surface area contributed by atoms with E-state index in [0.717, 1.165) is 13.0 Å². The summed E-state index contributed by atoms with van der Waals surface area (Å²) < 4.78 is 2.01. The molecule has 0 spiro atoms. The third-order valence-corrected chi connectivity index (χ3v) is 4.69. The molecule has 5 heteroatoms. The smallest absolute Gasteiger partial charge is 0.0609 e. The zero-order valence-electron chi connectivity index (χ0n) is 10.4. The predicted molar refractivity (Wildman–Crippen MR) is 72.7 cm³/mol. The number of nitrogens with two attached hydrogens (primary N) is 1. The van der Waals surface area contributed by atoms with Gasteiger partial charge in [-0.3, -0.25) is 16.0 Å². The maximum atomic E-state index is 5.72. The Morgan fingerprint density at radius 3 is 3.18 bits per heavy atom. The molecule has 0 radical (unpaired) electrons. The highest BCUT2D eigenvalue weighted by molar-refractivity contribution is 8.00. The standard InChI is InChI=1S/C12H22N4S/c1-2-6-16-9-10(8-14-16)12(15-13)11-5-3-4-7-17-11/h8-9,11-12,15H,2-7,13H2,1H3. The molecule has 0 aliphatic carbocycles. The van der Waals surface area contributed by atoms with Crippen molar-refractivity contribution in [2.45, 2.75) is 50.4 Å². The molecule has 2 heterocycles. The van der Waals surface area contributed by atoms with Crippen LogP contribution >= 0.6 is 11.8 Å². The summed E-state index contributed by atoms with van der Waals surface area (Å²) in [5.74, 6) is 6.97. The summed E-state index contributed by atoms with van der Waals surface area (Å²) in [6.07, 6.45) is 9.10. The van der Waals surface area contributed by atoms with E-state index in [1.807, 2.05) is 22.6 Å². The van der Waals surface area contributed by atoms with Crippen LogP contribution in [0.3, 0.4) is 0 Å². The number of hydrogen-bond donors (Lipinski definition) is 2. The van der Waals surface area contributed by atoms with Gasteiger partial charge in [-0.15, -0.1) is 0 Å². The van der Waals surface area contributed by atoms with E-state index in [2.05, 4.69) is 23.6 Å². The lowest BCUT2D eigenvalue weighted by Crippen LogP contribution is -2.36. The Morgan fingerprint density at radius 1 is 1.65 bits per heavy atom. The van der Waals surface area contributed by atoms with Gasteiger partial charge < -0.3 is 0 Å². The highest BCUT2D eigenvalue weighted by Gasteiger charge is 2.25. The van der Waals surface area contributed by atoms with Gasteiger partial charge in [0.05, 0.1) is 12.2 Å². The molecule has 96 valence electrons. The predicted octanol–water partition coefficient (Wildman–Crippen LogP) is 2.08. The summed E-state index contributed by atoms with van der Waals surface area (Å²) in [4.78, 5) is 0. The Hall–Kier alpha value is -0.520. The van der Waals surface area contributed by atoms with Gasteiger partial charge >= 0.3 is 0 Å². The molecule has 2 atom stereocenters. The third-order valence-electron chi connectivity index (χ3n) is 3.23. The fraction of sp³-hybridized carbons (Fsp3) is 0.750. The molecule has 17 heavy (non-hydrogen) atoms. The maximum absolute atomic E-state index is 5.72. The van der Waals surface area contributed by atoms with E-state index in [9.17, 15) is 0 Å². The summed E-state index contributed by atoms with van der Waals surface area (Å²) >= 11 is 2.03. The largest absolute Gasteiger partial charge is 0.272 e. The fourth-order valence-corrected chi connectivity index (χ4v) is 3.77. The van der Waals surface area contributed by atoms with Gasteiger partial charge in [-0.1, -0.05) is 13.3 Å². The molecule has 0 amide bonds. The lowest BCUT2D eigenvalue weighted by molar-refractivity contribution is 0.491. The number of nitrogens with zero attached hydrogens (tertiary/aromatic N) is 2. The molecule has 1 aliphatic rings. The van der Waals surface area contributed by atoms with Crippen LogP contribution in [-0.4, -0.2) is 20.8 Å². The van der Waals surface area contributed by atoms with Crippen molar-refractivity contribution in [1.29, 1.82) is 0 Å². The number of thioether (sulfide) groups is 1. The van der Waals surface area contributed by atoms with Gasteiger partial charge in [-0.2, -0.15) is 16.9 Å². The van der Waals surface area contributed by atoms with Crippen LogP contribution in [0.4, 0.5) is 0 Å². The highest BCUT2D eigenvalue weighted by Crippen LogP contribution is 2.34. The van der Waals surface area contributed by atoms with Crippen molar-refractivity contribution >= 4 is 11.8 Å². The number of nitrogens with one attached hydrogen (secondary N) is 1. The Balaban J connectivity index is 2.04. The molecule has 1 aliphatic heterocycles. The van der Waals surface area contributed by atoms with Gasteiger partial charge in [-0.05, 0) is 25.0 Å². The number of hydrogen-bond acceptors (Lipinski definition) is 4. The molecular formula is C12H22N4S. The van der Waals surface area contributed by atoms with Gasteiger partial charge in [0, 0.05) is 23.6 Å². The van der Waals surface area contributed by atoms with Crippen molar-refractivity contribution < 1.29 is 0 Å². The second-order valence-electron chi connectivity index (χ2n) is 4.59. The minimum absolute atomic E-state index is 0.242. The number of rotatable bonds is 5. The van der Waals surface area contributed by atoms with Crippen LogP contribution in [0.5, 0.6) is 0 Å². The van der Waals surface area contributed by atoms with Crippen LogP contribution in [0.1, 0.15) is 44.2 Å². The van der Waals surface area contributed by atoms with Crippen molar-refractivity contribution in [3.8, 4) is 0 Å². The van der Waals surface area contributed by atoms with E-state index in [-0.39, 0.29) is 6.04 Å². The summed E-state index contributed by atoms with van der Waals surface area (Å²) in [5.41, 5.74) is 4.19. The quantitative estimate of drug-likeness (QED) is 0.624. The Kier molecular flexibility index (Phi) is 4.88. The minimum Gasteiger partial charge on any atom is -0.272 e. The summed E-state index contributed by atoms with van der Waals surface area (Å²) in [6.45, 7) is 3.14. The van der Waals surface area contributed by atoms with E-state index in [0.29, 0.717) is 5.25 Å². The fourth-order valence-electron chi connectivity index (χ4n) is 2.34. The van der Waals surface area contributed by atoms with Gasteiger partial charge in [0.25, 0.3) is 0 Å². The highest BCUT2D eigenvalue weighted by atomic mass is 32.2. The normalized spacial score (nSPS) is 22.6. The molecule has 0 aromatic carbocycles. The zero-order valence-corrected chi connectivity index (χ0v) is 11.2. The second kappa shape index (κ2) is 6.42. The number of hydrazine groups is 1. The monoisotopic (exact) mass is 254 g/mol. The lowest BCUT2D eigenvalue weighted by Gasteiger charge is -2.28. The molecule has 1 aromatic rings. The van der Waals surface area contributed by atoms with Crippen LogP contribution in [-0.2, 0) is 6.54 Å². The number of aryl methyl sites for hydroxylation is 1. The van der Waals surface area contributed by atoms with Crippen LogP contribution in [0.2, 0.25) is 0 Å². The average Bonchev–Trinajstić information content (AvgIpc) is 2.81. The summed E-state index contributed by atoms with van der Waals surface area (Å²) in [7, 11) is 0. The van der Waals surface area contributed by atoms with Crippen molar-refractivity contribution in [2.24, 2.45) is 5.84 Å². The van der Waals surface area contributed by atoms with E-state index in [1.165, 1.54) is 30.6 Å². The molecule has 0 bridgehead atoms. The minimum atomic E-state index is 0.242. The Bertz CT molecular complexity index is 333. The van der Waals surface area contributed by atoms with Crippen LogP contribution in [0.25, 0.3) is 0 Å². The first-order chi connectivity index (χ1) is 8.35. The summed E-state index contributed by atoms with van der Waals surface area (Å²) in [5, 5.41) is 4.97. The molecular weight excluding hydrogens is 232 g/mol. The molecule has 1 fully saturated rings. The molecule has 2 unspecified atom stereocenters. The second-order valence-corrected chi connectivity index (χ2v) is 5.93. The van der Waals surface area contributed by atoms with Crippen molar-refractivity contribution in [1.82, 2.24) is 15.2 Å². The number of aromatic nitrogens is 2. The topological polar surface area (TPSA) is 55.9 Å². The van der Waals surface area contributed by atoms with Crippen LogP contribution in [0.15, 0.2) is 12.4 Å². The Labute approximate surface area is 107 Å². The van der Waals surface area contributed by atoms with Crippen molar-refractivity contribution in [2.75, 3.05) is 5.75 Å². The maximum Gasteiger partial charge on any atom is 0.0609 e. The first kappa shape index (κ1) is 12.9. The third kappa shape index (κ3) is 3.24. The zero-order chi connectivity index (χ0) is 12.1. The van der Waals surface area contributed by atoms with E-state index in [4.69, 9.17) is 5.84 Å². The molecule has 4 nitrogen and oxygen atoms in total. The SMILES string of the molecule is CCCn1cc(C(NN)C2CCCCS2)cn1. The summed E-state index contributed by atoms with van der Waals surface area (Å²) in [6, 6.07) is 0.242. The lowest BCUT2D eigenvalue weighted by atomic mass is 10.0. The van der Waals surface area contributed by atoms with E-state index in [1.54, 1.807) is 0 Å². The molecule has 2 rings (SSSR count). The molecule has 1 saturated heterocycles. The molecule has 1 aromatic heterocycles. The van der Waals surface area contributed by atoms with E-state index < -0.39 is 0 Å². The van der Waals surface area contributed by atoms with Gasteiger partial charge in [0.1, 0.15) is 0 Å². The first-order valence-corrected chi connectivity index (χ1v) is 7.50. The van der Waals surface area contributed by atoms with E-state index >= 15 is 0 Å². The van der Waals surface area contributed by atoms with Crippen LogP contribution in [0, 0.1) is 0 Å². The molecule has 0 saturated carbocycles. The average molecular weight is 254 g/mol. The van der Waals surface area contributed by atoms with Crippen LogP contribution < -0.4 is 11.3 Å². The van der Waals surface area contributed by atoms with Gasteiger partial charge in [-0.25, -0.2) is 0 Å².